The zero-order chi connectivity index (χ0) is 22.4. The highest BCUT2D eigenvalue weighted by molar-refractivity contribution is 7.99. The van der Waals surface area contributed by atoms with Crippen LogP contribution in [0.2, 0.25) is 0 Å². The summed E-state index contributed by atoms with van der Waals surface area (Å²) in [4.78, 5) is 36.7. The van der Waals surface area contributed by atoms with Gasteiger partial charge in [0.1, 0.15) is 10.4 Å². The molecule has 31 heavy (non-hydrogen) atoms. The molecule has 0 radical (unpaired) electrons. The molecule has 3 aromatic rings. The largest absolute Gasteiger partial charge is 0.497 e. The van der Waals surface area contributed by atoms with Gasteiger partial charge in [0.15, 0.2) is 15.9 Å². The third kappa shape index (κ3) is 5.26. The molecule has 0 spiro atoms. The summed E-state index contributed by atoms with van der Waals surface area (Å²) in [5.41, 5.74) is 0.879. The first-order chi connectivity index (χ1) is 15.0. The number of anilines is 2. The Morgan fingerprint density at radius 3 is 2.81 bits per heavy atom. The van der Waals surface area contributed by atoms with E-state index in [4.69, 9.17) is 4.74 Å². The van der Waals surface area contributed by atoms with Crippen LogP contribution in [0.1, 0.15) is 13.8 Å². The number of nitrogens with one attached hydrogen (secondary N) is 1. The second kappa shape index (κ2) is 10.5. The van der Waals surface area contributed by atoms with Crippen LogP contribution in [-0.2, 0) is 11.3 Å². The maximum Gasteiger partial charge on any atom is 0.274 e. The first-order valence-electron chi connectivity index (χ1n) is 9.84. The highest BCUT2D eigenvalue weighted by atomic mass is 32.2. The lowest BCUT2D eigenvalue weighted by Gasteiger charge is -2.15. The van der Waals surface area contributed by atoms with Crippen LogP contribution in [0.25, 0.3) is 10.3 Å². The molecule has 3 rings (SSSR count). The minimum atomic E-state index is -0.208. The van der Waals surface area contributed by atoms with Gasteiger partial charge in [-0.15, -0.1) is 6.58 Å². The lowest BCUT2D eigenvalue weighted by atomic mass is 10.3. The van der Waals surface area contributed by atoms with Crippen molar-refractivity contribution in [1.29, 1.82) is 0 Å². The predicted molar refractivity (Wildman–Crippen MR) is 128 cm³/mol. The molecule has 0 saturated heterocycles. The van der Waals surface area contributed by atoms with Crippen molar-refractivity contribution >= 4 is 50.2 Å². The van der Waals surface area contributed by atoms with Crippen LogP contribution < -0.4 is 20.5 Å². The Balaban J connectivity index is 1.84. The number of carbonyl (C=O) groups excluding carboxylic acids is 1. The number of aromatic nitrogens is 3. The summed E-state index contributed by atoms with van der Waals surface area (Å²) in [6, 6.07) is 7.13. The van der Waals surface area contributed by atoms with Crippen LogP contribution in [0.5, 0.6) is 5.75 Å². The standard InChI is InChI=1S/C21H25N5O3S2/c1-5-11-26-19(28)17-18(23-20(31-17)25(6-2)7-3)24-21(26)30-13-16(27)22-14-9-8-10-15(12-14)29-4/h5,8-10,12H,1,6-7,11,13H2,2-4H3,(H,22,27). The van der Waals surface area contributed by atoms with Crippen molar-refractivity contribution in [1.82, 2.24) is 14.5 Å². The van der Waals surface area contributed by atoms with E-state index in [0.29, 0.717) is 33.5 Å². The van der Waals surface area contributed by atoms with Crippen molar-refractivity contribution in [3.63, 3.8) is 0 Å². The van der Waals surface area contributed by atoms with Crippen LogP contribution in [0.3, 0.4) is 0 Å². The summed E-state index contributed by atoms with van der Waals surface area (Å²) in [7, 11) is 1.57. The second-order valence-electron chi connectivity index (χ2n) is 6.49. The van der Waals surface area contributed by atoms with Crippen molar-refractivity contribution in [2.75, 3.05) is 36.2 Å². The molecular weight excluding hydrogens is 434 g/mol. The van der Waals surface area contributed by atoms with E-state index >= 15 is 0 Å². The molecule has 0 aliphatic rings. The number of hydrogen-bond donors (Lipinski definition) is 1. The monoisotopic (exact) mass is 459 g/mol. The summed E-state index contributed by atoms with van der Waals surface area (Å²) in [6.45, 7) is 9.72. The molecule has 0 aliphatic carbocycles. The molecule has 0 saturated carbocycles. The number of fused-ring (bicyclic) bond motifs is 1. The average molecular weight is 460 g/mol. The van der Waals surface area contributed by atoms with Gasteiger partial charge in [-0.2, -0.15) is 4.98 Å². The highest BCUT2D eigenvalue weighted by Crippen LogP contribution is 2.27. The van der Waals surface area contributed by atoms with E-state index in [1.807, 2.05) is 13.8 Å². The summed E-state index contributed by atoms with van der Waals surface area (Å²) in [5, 5.41) is 4.04. The fraction of sp³-hybridized carbons (Fsp3) is 0.333. The number of nitrogens with zero attached hydrogens (tertiary/aromatic N) is 4. The number of amides is 1. The zero-order valence-electron chi connectivity index (χ0n) is 17.8. The number of carbonyl (C=O) groups is 1. The molecule has 0 aliphatic heterocycles. The zero-order valence-corrected chi connectivity index (χ0v) is 19.4. The van der Waals surface area contributed by atoms with Gasteiger partial charge >= 0.3 is 0 Å². The topological polar surface area (TPSA) is 89.3 Å². The number of ether oxygens (including phenoxy) is 1. The quantitative estimate of drug-likeness (QED) is 0.281. The number of benzene rings is 1. The van der Waals surface area contributed by atoms with E-state index < -0.39 is 0 Å². The molecule has 1 amide bonds. The van der Waals surface area contributed by atoms with Crippen molar-refractivity contribution in [2.24, 2.45) is 0 Å². The van der Waals surface area contributed by atoms with Gasteiger partial charge < -0.3 is 15.0 Å². The molecule has 0 bridgehead atoms. The van der Waals surface area contributed by atoms with E-state index in [1.165, 1.54) is 27.7 Å². The average Bonchev–Trinajstić information content (AvgIpc) is 3.19. The van der Waals surface area contributed by atoms with E-state index in [9.17, 15) is 9.59 Å². The molecule has 1 aromatic carbocycles. The van der Waals surface area contributed by atoms with Crippen molar-refractivity contribution < 1.29 is 9.53 Å². The Morgan fingerprint density at radius 1 is 1.35 bits per heavy atom. The molecule has 0 atom stereocenters. The second-order valence-corrected chi connectivity index (χ2v) is 8.41. The number of hydrogen-bond acceptors (Lipinski definition) is 8. The van der Waals surface area contributed by atoms with Crippen LogP contribution in [0.4, 0.5) is 10.8 Å². The molecule has 2 aromatic heterocycles. The number of thiazole rings is 1. The normalized spacial score (nSPS) is 10.8. The molecule has 1 N–H and O–H groups in total. The fourth-order valence-corrected chi connectivity index (χ4v) is 4.81. The maximum atomic E-state index is 13.1. The third-order valence-corrected chi connectivity index (χ3v) is 6.57. The van der Waals surface area contributed by atoms with E-state index in [0.717, 1.165) is 18.2 Å². The van der Waals surface area contributed by atoms with Gasteiger partial charge in [-0.05, 0) is 26.0 Å². The number of thioether (sulfide) groups is 1. The van der Waals surface area contributed by atoms with Crippen molar-refractivity contribution in [3.8, 4) is 5.75 Å². The van der Waals surface area contributed by atoms with Crippen LogP contribution >= 0.6 is 23.1 Å². The van der Waals surface area contributed by atoms with E-state index in [2.05, 4.69) is 26.8 Å². The number of rotatable bonds is 10. The molecular formula is C21H25N5O3S2. The lowest BCUT2D eigenvalue weighted by Crippen LogP contribution is -2.23. The first-order valence-corrected chi connectivity index (χ1v) is 11.6. The van der Waals surface area contributed by atoms with Crippen LogP contribution in [0, 0.1) is 0 Å². The molecule has 164 valence electrons. The fourth-order valence-electron chi connectivity index (χ4n) is 2.93. The summed E-state index contributed by atoms with van der Waals surface area (Å²) >= 11 is 2.54. The Labute approximate surface area is 189 Å². The SMILES string of the molecule is C=CCn1c(SCC(=O)Nc2cccc(OC)c2)nc2nc(N(CC)CC)sc2c1=O. The summed E-state index contributed by atoms with van der Waals surface area (Å²) < 4.78 is 7.21. The van der Waals surface area contributed by atoms with E-state index in [-0.39, 0.29) is 17.2 Å². The maximum absolute atomic E-state index is 13.1. The van der Waals surface area contributed by atoms with Gasteiger partial charge in [0.25, 0.3) is 5.56 Å². The molecule has 0 fully saturated rings. The molecule has 0 unspecified atom stereocenters. The van der Waals surface area contributed by atoms with Gasteiger partial charge in [0.05, 0.1) is 12.9 Å². The van der Waals surface area contributed by atoms with Crippen molar-refractivity contribution in [2.45, 2.75) is 25.5 Å². The van der Waals surface area contributed by atoms with Crippen LogP contribution in [-0.4, -0.2) is 46.4 Å². The predicted octanol–water partition coefficient (Wildman–Crippen LogP) is 3.62. The Kier molecular flexibility index (Phi) is 7.69. The molecule has 8 nitrogen and oxygen atoms in total. The number of methoxy groups -OCH3 is 1. The minimum Gasteiger partial charge on any atom is -0.497 e. The van der Waals surface area contributed by atoms with Gasteiger partial charge in [-0.1, -0.05) is 35.2 Å². The Morgan fingerprint density at radius 2 is 2.13 bits per heavy atom. The van der Waals surface area contributed by atoms with E-state index in [1.54, 1.807) is 37.5 Å². The van der Waals surface area contributed by atoms with Gasteiger partial charge in [0.2, 0.25) is 5.91 Å². The van der Waals surface area contributed by atoms with Gasteiger partial charge in [0, 0.05) is 31.4 Å². The Hall–Kier alpha value is -2.85. The minimum absolute atomic E-state index is 0.0966. The first kappa shape index (κ1) is 22.8. The van der Waals surface area contributed by atoms with Crippen molar-refractivity contribution in [3.05, 3.63) is 47.3 Å². The van der Waals surface area contributed by atoms with Gasteiger partial charge in [-0.25, -0.2) is 4.98 Å². The third-order valence-electron chi connectivity index (χ3n) is 4.50. The Bertz CT molecular complexity index is 1140. The molecule has 2 heterocycles. The summed E-state index contributed by atoms with van der Waals surface area (Å²) in [6.07, 6.45) is 1.64. The smallest absolute Gasteiger partial charge is 0.274 e. The summed E-state index contributed by atoms with van der Waals surface area (Å²) in [5.74, 6) is 0.545. The lowest BCUT2D eigenvalue weighted by molar-refractivity contribution is -0.113. The molecule has 10 heteroatoms. The highest BCUT2D eigenvalue weighted by Gasteiger charge is 2.18. The number of allylic oxidation sites excluding steroid dienone is 1. The van der Waals surface area contributed by atoms with Gasteiger partial charge in [-0.3, -0.25) is 14.2 Å². The van der Waals surface area contributed by atoms with Crippen LogP contribution in [0.15, 0.2) is 46.9 Å².